The van der Waals surface area contributed by atoms with Gasteiger partial charge in [-0.2, -0.15) is 0 Å². The van der Waals surface area contributed by atoms with Crippen molar-refractivity contribution in [2.24, 2.45) is 5.92 Å². The number of carbonyl (C=O) groups excluding carboxylic acids is 2. The van der Waals surface area contributed by atoms with E-state index < -0.39 is 5.92 Å². The van der Waals surface area contributed by atoms with E-state index in [1.807, 2.05) is 38.1 Å². The standard InChI is InChI=1S/C24H24N4O3/c1-14-6-4-9-20(16(14)3)28-13-18(12-22(28)30)24(31)26-19-8-5-7-17(11-19)23-25-15(2)10-21(29)27-23/h4-11,18H,12-13H2,1-3H3,(H,26,31)(H,25,27,29). The summed E-state index contributed by atoms with van der Waals surface area (Å²) < 4.78 is 0. The highest BCUT2D eigenvalue weighted by Crippen LogP contribution is 2.30. The predicted molar refractivity (Wildman–Crippen MR) is 120 cm³/mol. The molecule has 1 atom stereocenters. The lowest BCUT2D eigenvalue weighted by molar-refractivity contribution is -0.122. The molecule has 0 saturated carbocycles. The molecule has 1 saturated heterocycles. The summed E-state index contributed by atoms with van der Waals surface area (Å²) in [6, 6.07) is 14.4. The molecule has 3 aromatic rings. The molecule has 0 radical (unpaired) electrons. The summed E-state index contributed by atoms with van der Waals surface area (Å²) >= 11 is 0. The van der Waals surface area contributed by atoms with E-state index >= 15 is 0 Å². The topological polar surface area (TPSA) is 95.2 Å². The average Bonchev–Trinajstić information content (AvgIpc) is 3.11. The van der Waals surface area contributed by atoms with Gasteiger partial charge in [0, 0.05) is 41.7 Å². The Labute approximate surface area is 180 Å². The maximum absolute atomic E-state index is 12.9. The fourth-order valence-electron chi connectivity index (χ4n) is 3.85. The Morgan fingerprint density at radius 3 is 2.65 bits per heavy atom. The van der Waals surface area contributed by atoms with Crippen molar-refractivity contribution in [1.29, 1.82) is 0 Å². The normalized spacial score (nSPS) is 15.9. The van der Waals surface area contributed by atoms with Gasteiger partial charge in [-0.25, -0.2) is 4.98 Å². The van der Waals surface area contributed by atoms with Crippen LogP contribution in [0.3, 0.4) is 0 Å². The zero-order chi connectivity index (χ0) is 22.1. The zero-order valence-electron chi connectivity index (χ0n) is 17.7. The minimum Gasteiger partial charge on any atom is -0.326 e. The number of aryl methyl sites for hydroxylation is 2. The lowest BCUT2D eigenvalue weighted by atomic mass is 10.1. The number of nitrogens with one attached hydrogen (secondary N) is 2. The van der Waals surface area contributed by atoms with E-state index in [1.165, 1.54) is 6.07 Å². The number of nitrogens with zero attached hydrogens (tertiary/aromatic N) is 2. The fourth-order valence-corrected chi connectivity index (χ4v) is 3.85. The first kappa shape index (κ1) is 20.5. The van der Waals surface area contributed by atoms with Crippen LogP contribution in [-0.4, -0.2) is 28.3 Å². The Hall–Kier alpha value is -3.74. The van der Waals surface area contributed by atoms with E-state index in [9.17, 15) is 14.4 Å². The van der Waals surface area contributed by atoms with Gasteiger partial charge in [-0.1, -0.05) is 24.3 Å². The molecule has 7 heteroatoms. The predicted octanol–water partition coefficient (Wildman–Crippen LogP) is 3.35. The molecule has 2 amide bonds. The van der Waals surface area contributed by atoms with E-state index in [1.54, 1.807) is 30.0 Å². The van der Waals surface area contributed by atoms with Gasteiger partial charge in [-0.05, 0) is 50.1 Å². The molecule has 1 unspecified atom stereocenters. The molecular formula is C24H24N4O3. The van der Waals surface area contributed by atoms with Gasteiger partial charge in [0.2, 0.25) is 11.8 Å². The van der Waals surface area contributed by atoms with Crippen LogP contribution in [0.5, 0.6) is 0 Å². The summed E-state index contributed by atoms with van der Waals surface area (Å²) in [6.45, 7) is 6.10. The minimum absolute atomic E-state index is 0.0517. The number of benzene rings is 2. The summed E-state index contributed by atoms with van der Waals surface area (Å²) in [7, 11) is 0. The van der Waals surface area contributed by atoms with Crippen LogP contribution < -0.4 is 15.8 Å². The lowest BCUT2D eigenvalue weighted by Crippen LogP contribution is -2.28. The Kier molecular flexibility index (Phi) is 5.42. The average molecular weight is 416 g/mol. The van der Waals surface area contributed by atoms with Gasteiger partial charge in [0.1, 0.15) is 5.82 Å². The molecular weight excluding hydrogens is 392 g/mol. The number of H-pyrrole nitrogens is 1. The van der Waals surface area contributed by atoms with Gasteiger partial charge in [0.25, 0.3) is 5.56 Å². The van der Waals surface area contributed by atoms with Gasteiger partial charge in [0.15, 0.2) is 0 Å². The van der Waals surface area contributed by atoms with Gasteiger partial charge >= 0.3 is 0 Å². The van der Waals surface area contributed by atoms with Crippen molar-refractivity contribution in [3.63, 3.8) is 0 Å². The van der Waals surface area contributed by atoms with Crippen molar-refractivity contribution in [2.45, 2.75) is 27.2 Å². The van der Waals surface area contributed by atoms with Crippen LogP contribution in [0.1, 0.15) is 23.2 Å². The quantitative estimate of drug-likeness (QED) is 0.682. The molecule has 1 aromatic heterocycles. The van der Waals surface area contributed by atoms with Crippen LogP contribution in [-0.2, 0) is 9.59 Å². The van der Waals surface area contributed by atoms with Crippen molar-refractivity contribution in [3.05, 3.63) is 75.7 Å². The smallest absolute Gasteiger partial charge is 0.251 e. The highest BCUT2D eigenvalue weighted by atomic mass is 16.2. The van der Waals surface area contributed by atoms with Crippen LogP contribution in [0, 0.1) is 26.7 Å². The SMILES string of the molecule is Cc1cc(=O)[nH]c(-c2cccc(NC(=O)C3CC(=O)N(c4cccc(C)c4C)C3)c2)n1. The number of aromatic amines is 1. The minimum atomic E-state index is -0.437. The molecule has 0 bridgehead atoms. The highest BCUT2D eigenvalue weighted by Gasteiger charge is 2.35. The lowest BCUT2D eigenvalue weighted by Gasteiger charge is -2.20. The largest absolute Gasteiger partial charge is 0.326 e. The van der Waals surface area contributed by atoms with E-state index in [0.717, 1.165) is 16.8 Å². The molecule has 0 spiro atoms. The zero-order valence-corrected chi connectivity index (χ0v) is 17.7. The monoisotopic (exact) mass is 416 g/mol. The summed E-state index contributed by atoms with van der Waals surface area (Å²) in [5.74, 6) is -0.251. The molecule has 7 nitrogen and oxygen atoms in total. The van der Waals surface area contributed by atoms with Crippen LogP contribution >= 0.6 is 0 Å². The van der Waals surface area contributed by atoms with Gasteiger partial charge in [0.05, 0.1) is 5.92 Å². The van der Waals surface area contributed by atoms with Gasteiger partial charge in [-0.3, -0.25) is 14.4 Å². The second-order valence-electron chi connectivity index (χ2n) is 7.93. The van der Waals surface area contributed by atoms with Crippen molar-refractivity contribution >= 4 is 23.2 Å². The molecule has 1 aliphatic heterocycles. The molecule has 1 fully saturated rings. The third-order valence-electron chi connectivity index (χ3n) is 5.64. The van der Waals surface area contributed by atoms with Crippen LogP contribution in [0.4, 0.5) is 11.4 Å². The summed E-state index contributed by atoms with van der Waals surface area (Å²) in [6.07, 6.45) is 0.172. The number of rotatable bonds is 4. The molecule has 2 heterocycles. The highest BCUT2D eigenvalue weighted by molar-refractivity contribution is 6.04. The van der Waals surface area contributed by atoms with Crippen molar-refractivity contribution in [3.8, 4) is 11.4 Å². The number of amides is 2. The molecule has 1 aliphatic rings. The maximum atomic E-state index is 12.9. The molecule has 31 heavy (non-hydrogen) atoms. The summed E-state index contributed by atoms with van der Waals surface area (Å²) in [5, 5.41) is 2.90. The number of hydrogen-bond acceptors (Lipinski definition) is 4. The van der Waals surface area contributed by atoms with E-state index in [0.29, 0.717) is 29.3 Å². The molecule has 2 aromatic carbocycles. The van der Waals surface area contributed by atoms with Crippen molar-refractivity contribution < 1.29 is 9.59 Å². The molecule has 2 N–H and O–H groups in total. The van der Waals surface area contributed by atoms with Gasteiger partial charge < -0.3 is 15.2 Å². The number of anilines is 2. The number of carbonyl (C=O) groups is 2. The Morgan fingerprint density at radius 1 is 1.10 bits per heavy atom. The van der Waals surface area contributed by atoms with Crippen LogP contribution in [0.25, 0.3) is 11.4 Å². The third-order valence-corrected chi connectivity index (χ3v) is 5.64. The Bertz CT molecular complexity index is 1230. The third kappa shape index (κ3) is 4.26. The van der Waals surface area contributed by atoms with E-state index in [4.69, 9.17) is 0 Å². The Balaban J connectivity index is 1.51. The van der Waals surface area contributed by atoms with Crippen LogP contribution in [0.15, 0.2) is 53.3 Å². The first-order valence-electron chi connectivity index (χ1n) is 10.2. The first-order valence-corrected chi connectivity index (χ1v) is 10.2. The number of aromatic nitrogens is 2. The molecule has 4 rings (SSSR count). The number of hydrogen-bond donors (Lipinski definition) is 2. The van der Waals surface area contributed by atoms with E-state index in [2.05, 4.69) is 15.3 Å². The second-order valence-corrected chi connectivity index (χ2v) is 7.93. The van der Waals surface area contributed by atoms with Crippen molar-refractivity contribution in [2.75, 3.05) is 16.8 Å². The maximum Gasteiger partial charge on any atom is 0.251 e. The first-order chi connectivity index (χ1) is 14.8. The molecule has 158 valence electrons. The summed E-state index contributed by atoms with van der Waals surface area (Å²) in [4.78, 5) is 46.0. The van der Waals surface area contributed by atoms with E-state index in [-0.39, 0.29) is 23.8 Å². The van der Waals surface area contributed by atoms with Crippen molar-refractivity contribution in [1.82, 2.24) is 9.97 Å². The fraction of sp³-hybridized carbons (Fsp3) is 0.250. The van der Waals surface area contributed by atoms with Gasteiger partial charge in [-0.15, -0.1) is 0 Å². The second kappa shape index (κ2) is 8.18. The molecule has 0 aliphatic carbocycles. The Morgan fingerprint density at radius 2 is 1.87 bits per heavy atom. The summed E-state index contributed by atoms with van der Waals surface area (Å²) in [5.41, 5.74) is 4.68. The van der Waals surface area contributed by atoms with Crippen LogP contribution in [0.2, 0.25) is 0 Å².